The summed E-state index contributed by atoms with van der Waals surface area (Å²) in [5.41, 5.74) is 6.45. The Balaban J connectivity index is 1.85. The molecule has 1 aliphatic carbocycles. The Morgan fingerprint density at radius 3 is 3.06 bits per heavy atom. The number of thiocarbonyl (C=S) groups is 1. The van der Waals surface area contributed by atoms with Gasteiger partial charge in [-0.05, 0) is 18.9 Å². The molecule has 0 unspecified atom stereocenters. The topological polar surface area (TPSA) is 59.5 Å². The molecule has 0 bridgehead atoms. The van der Waals surface area contributed by atoms with Gasteiger partial charge in [0.25, 0.3) is 0 Å². The predicted molar refractivity (Wildman–Crippen MR) is 74.8 cm³/mol. The molecule has 0 radical (unpaired) electrons. The number of rotatable bonds is 5. The minimum Gasteiger partial charge on any atom is -0.393 e. The van der Waals surface area contributed by atoms with Crippen LogP contribution < -0.4 is 10.6 Å². The first-order chi connectivity index (χ1) is 8.74. The van der Waals surface area contributed by atoms with E-state index in [1.54, 1.807) is 10.7 Å². The van der Waals surface area contributed by atoms with Gasteiger partial charge in [-0.1, -0.05) is 12.2 Å². The summed E-state index contributed by atoms with van der Waals surface area (Å²) in [6.45, 7) is 0.845. The van der Waals surface area contributed by atoms with Crippen LogP contribution in [0.25, 0.3) is 5.65 Å². The van der Waals surface area contributed by atoms with Gasteiger partial charge in [0.2, 0.25) is 0 Å². The van der Waals surface area contributed by atoms with Crippen LogP contribution in [0, 0.1) is 0 Å². The highest BCUT2D eigenvalue weighted by Crippen LogP contribution is 2.30. The van der Waals surface area contributed by atoms with Gasteiger partial charge in [0.05, 0.1) is 11.2 Å². The van der Waals surface area contributed by atoms with Gasteiger partial charge < -0.3 is 10.6 Å². The van der Waals surface area contributed by atoms with Crippen LogP contribution in [0.5, 0.6) is 0 Å². The summed E-state index contributed by atoms with van der Waals surface area (Å²) in [7, 11) is 0. The molecular weight excluding hydrogens is 246 g/mol. The lowest BCUT2D eigenvalue weighted by atomic mass is 10.3. The van der Waals surface area contributed by atoms with Crippen molar-refractivity contribution >= 4 is 28.7 Å². The first kappa shape index (κ1) is 11.4. The third kappa shape index (κ3) is 2.28. The maximum atomic E-state index is 5.58. The summed E-state index contributed by atoms with van der Waals surface area (Å²) in [5, 5.41) is 4.15. The van der Waals surface area contributed by atoms with Gasteiger partial charge in [-0.2, -0.15) is 5.10 Å². The molecule has 0 saturated heterocycles. The fraction of sp³-hybridized carbons (Fsp3) is 0.417. The fourth-order valence-corrected chi connectivity index (χ4v) is 2.15. The van der Waals surface area contributed by atoms with Crippen LogP contribution in [-0.4, -0.2) is 32.2 Å². The number of hydrogen-bond donors (Lipinski definition) is 1. The molecule has 2 heterocycles. The zero-order chi connectivity index (χ0) is 12.5. The molecular formula is C12H15N5S. The largest absolute Gasteiger partial charge is 0.393 e. The molecule has 3 rings (SSSR count). The molecule has 18 heavy (non-hydrogen) atoms. The zero-order valence-electron chi connectivity index (χ0n) is 9.99. The van der Waals surface area contributed by atoms with Gasteiger partial charge in [-0.15, -0.1) is 0 Å². The number of nitrogens with zero attached hydrogens (tertiary/aromatic N) is 4. The molecule has 94 valence electrons. The number of nitrogens with two attached hydrogens (primary N) is 1. The maximum Gasteiger partial charge on any atom is 0.157 e. The summed E-state index contributed by atoms with van der Waals surface area (Å²) < 4.78 is 1.77. The molecule has 1 saturated carbocycles. The molecule has 6 heteroatoms. The second kappa shape index (κ2) is 4.53. The van der Waals surface area contributed by atoms with Crippen LogP contribution in [0.3, 0.4) is 0 Å². The van der Waals surface area contributed by atoms with Gasteiger partial charge >= 0.3 is 0 Å². The highest BCUT2D eigenvalue weighted by molar-refractivity contribution is 7.80. The first-order valence-corrected chi connectivity index (χ1v) is 6.50. The summed E-state index contributed by atoms with van der Waals surface area (Å²) in [5.74, 6) is 0.988. The van der Waals surface area contributed by atoms with E-state index in [4.69, 9.17) is 18.0 Å². The lowest BCUT2D eigenvalue weighted by Gasteiger charge is -2.23. The summed E-state index contributed by atoms with van der Waals surface area (Å²) in [4.78, 5) is 7.48. The Labute approximate surface area is 111 Å². The quantitative estimate of drug-likeness (QED) is 0.824. The number of hydrogen-bond acceptors (Lipinski definition) is 4. The van der Waals surface area contributed by atoms with Crippen molar-refractivity contribution in [2.24, 2.45) is 5.73 Å². The van der Waals surface area contributed by atoms with Gasteiger partial charge in [0.1, 0.15) is 5.82 Å². The van der Waals surface area contributed by atoms with E-state index >= 15 is 0 Å². The molecule has 1 aliphatic rings. The Hall–Kier alpha value is -1.69. The SMILES string of the molecule is NC(=S)CCN(c1ccn2nccc2n1)C1CC1. The summed E-state index contributed by atoms with van der Waals surface area (Å²) in [6, 6.07) is 4.50. The minimum atomic E-state index is 0.561. The highest BCUT2D eigenvalue weighted by Gasteiger charge is 2.29. The number of aromatic nitrogens is 3. The molecule has 0 amide bonds. The zero-order valence-corrected chi connectivity index (χ0v) is 10.8. The Morgan fingerprint density at radius 2 is 2.33 bits per heavy atom. The molecule has 0 aromatic carbocycles. The normalized spacial score (nSPS) is 14.9. The van der Waals surface area contributed by atoms with Crippen molar-refractivity contribution < 1.29 is 0 Å². The van der Waals surface area contributed by atoms with Gasteiger partial charge in [0, 0.05) is 31.3 Å². The maximum absolute atomic E-state index is 5.58. The predicted octanol–water partition coefficient (Wildman–Crippen LogP) is 1.37. The molecule has 0 aliphatic heterocycles. The third-order valence-electron chi connectivity index (χ3n) is 3.12. The van der Waals surface area contributed by atoms with Crippen molar-refractivity contribution in [3.8, 4) is 0 Å². The van der Waals surface area contributed by atoms with Gasteiger partial charge in [0.15, 0.2) is 5.65 Å². The molecule has 1 fully saturated rings. The van der Waals surface area contributed by atoms with Crippen molar-refractivity contribution in [3.05, 3.63) is 24.5 Å². The number of fused-ring (bicyclic) bond motifs is 1. The smallest absolute Gasteiger partial charge is 0.157 e. The van der Waals surface area contributed by atoms with Crippen molar-refractivity contribution in [3.63, 3.8) is 0 Å². The van der Waals surface area contributed by atoms with Crippen LogP contribution in [0.15, 0.2) is 24.5 Å². The first-order valence-electron chi connectivity index (χ1n) is 6.09. The van der Waals surface area contributed by atoms with E-state index in [1.165, 1.54) is 12.8 Å². The molecule has 0 atom stereocenters. The molecule has 2 N–H and O–H groups in total. The second-order valence-corrected chi connectivity index (χ2v) is 5.08. The van der Waals surface area contributed by atoms with E-state index in [0.29, 0.717) is 11.0 Å². The Bertz CT molecular complexity index is 575. The monoisotopic (exact) mass is 261 g/mol. The summed E-state index contributed by atoms with van der Waals surface area (Å²) >= 11 is 4.95. The summed E-state index contributed by atoms with van der Waals surface area (Å²) in [6.07, 6.45) is 6.88. The van der Waals surface area contributed by atoms with Crippen LogP contribution in [-0.2, 0) is 0 Å². The van der Waals surface area contributed by atoms with Crippen molar-refractivity contribution in [2.75, 3.05) is 11.4 Å². The van der Waals surface area contributed by atoms with E-state index in [0.717, 1.165) is 24.4 Å². The lowest BCUT2D eigenvalue weighted by Crippen LogP contribution is -2.30. The van der Waals surface area contributed by atoms with E-state index in [1.807, 2.05) is 18.3 Å². The van der Waals surface area contributed by atoms with Crippen LogP contribution in [0.2, 0.25) is 0 Å². The third-order valence-corrected chi connectivity index (χ3v) is 3.33. The van der Waals surface area contributed by atoms with Crippen LogP contribution in [0.4, 0.5) is 5.82 Å². The van der Waals surface area contributed by atoms with Crippen molar-refractivity contribution in [2.45, 2.75) is 25.3 Å². The minimum absolute atomic E-state index is 0.561. The second-order valence-electron chi connectivity index (χ2n) is 4.56. The van der Waals surface area contributed by atoms with Gasteiger partial charge in [-0.3, -0.25) is 0 Å². The highest BCUT2D eigenvalue weighted by atomic mass is 32.1. The standard InChI is InChI=1S/C12H15N5S/c13-10(18)4-7-16(9-1-2-9)11-5-8-17-12(15-11)3-6-14-17/h3,5-6,8-9H,1-2,4,7H2,(H2,13,18). The Morgan fingerprint density at radius 1 is 1.50 bits per heavy atom. The molecule has 0 spiro atoms. The van der Waals surface area contributed by atoms with E-state index in [-0.39, 0.29) is 0 Å². The average molecular weight is 261 g/mol. The molecule has 5 nitrogen and oxygen atoms in total. The van der Waals surface area contributed by atoms with E-state index in [9.17, 15) is 0 Å². The van der Waals surface area contributed by atoms with Crippen LogP contribution >= 0.6 is 12.2 Å². The average Bonchev–Trinajstić information content (AvgIpc) is 3.07. The number of anilines is 1. The van der Waals surface area contributed by atoms with Crippen molar-refractivity contribution in [1.82, 2.24) is 14.6 Å². The van der Waals surface area contributed by atoms with Crippen molar-refractivity contribution in [1.29, 1.82) is 0 Å². The van der Waals surface area contributed by atoms with Crippen LogP contribution in [0.1, 0.15) is 19.3 Å². The van der Waals surface area contributed by atoms with E-state index < -0.39 is 0 Å². The fourth-order valence-electron chi connectivity index (χ4n) is 2.06. The van der Waals surface area contributed by atoms with Gasteiger partial charge in [-0.25, -0.2) is 9.50 Å². The van der Waals surface area contributed by atoms with E-state index in [2.05, 4.69) is 15.0 Å². The molecule has 2 aromatic rings. The lowest BCUT2D eigenvalue weighted by molar-refractivity contribution is 0.782. The Kier molecular flexibility index (Phi) is 2.87. The molecule has 2 aromatic heterocycles.